The number of aryl methyl sites for hydroxylation is 2. The number of pyridine rings is 1. The van der Waals surface area contributed by atoms with Gasteiger partial charge in [0.15, 0.2) is 5.65 Å². The van der Waals surface area contributed by atoms with Crippen LogP contribution in [0.1, 0.15) is 11.3 Å². The van der Waals surface area contributed by atoms with Gasteiger partial charge in [-0.15, -0.1) is 0 Å². The van der Waals surface area contributed by atoms with Crippen LogP contribution in [0.4, 0.5) is 0 Å². The molecule has 0 aromatic carbocycles. The topological polar surface area (TPSA) is 54.5 Å². The van der Waals surface area contributed by atoms with Crippen molar-refractivity contribution in [2.75, 3.05) is 0 Å². The molecule has 0 radical (unpaired) electrons. The van der Waals surface area contributed by atoms with Gasteiger partial charge in [0.1, 0.15) is 5.15 Å². The standard InChI is InChI=1S/C11H9ClN4/c1-7-9-6-8(4-3-5-13)10(12)14-11(9)16(2)15-7/h3-4,6H,1-2H3/b4-3+. The Kier molecular flexibility index (Phi) is 2.63. The van der Waals surface area contributed by atoms with E-state index >= 15 is 0 Å². The maximum atomic E-state index is 8.47. The van der Waals surface area contributed by atoms with Crippen molar-refractivity contribution in [1.29, 1.82) is 5.26 Å². The lowest BCUT2D eigenvalue weighted by Crippen LogP contribution is -1.92. The first kappa shape index (κ1) is 10.7. The molecule has 0 N–H and O–H groups in total. The van der Waals surface area contributed by atoms with Crippen LogP contribution in [0, 0.1) is 18.3 Å². The van der Waals surface area contributed by atoms with E-state index in [1.54, 1.807) is 10.8 Å². The molecule has 2 aromatic heterocycles. The van der Waals surface area contributed by atoms with Crippen molar-refractivity contribution in [2.24, 2.45) is 7.05 Å². The van der Waals surface area contributed by atoms with E-state index in [0.29, 0.717) is 5.15 Å². The Hall–Kier alpha value is -1.86. The summed E-state index contributed by atoms with van der Waals surface area (Å²) in [5, 5.41) is 14.1. The van der Waals surface area contributed by atoms with E-state index in [-0.39, 0.29) is 0 Å². The Morgan fingerprint density at radius 1 is 1.56 bits per heavy atom. The maximum Gasteiger partial charge on any atom is 0.159 e. The van der Waals surface area contributed by atoms with Crippen LogP contribution in [-0.2, 0) is 7.05 Å². The van der Waals surface area contributed by atoms with Crippen LogP contribution >= 0.6 is 11.6 Å². The molecule has 0 amide bonds. The van der Waals surface area contributed by atoms with E-state index in [9.17, 15) is 0 Å². The Labute approximate surface area is 97.8 Å². The van der Waals surface area contributed by atoms with E-state index < -0.39 is 0 Å². The summed E-state index contributed by atoms with van der Waals surface area (Å²) in [4.78, 5) is 4.25. The second-order valence-corrected chi connectivity index (χ2v) is 3.77. The molecule has 0 saturated carbocycles. The van der Waals surface area contributed by atoms with Gasteiger partial charge in [-0.2, -0.15) is 10.4 Å². The van der Waals surface area contributed by atoms with Gasteiger partial charge >= 0.3 is 0 Å². The summed E-state index contributed by atoms with van der Waals surface area (Å²) in [6.45, 7) is 1.91. The summed E-state index contributed by atoms with van der Waals surface area (Å²) in [5.41, 5.74) is 2.37. The number of fused-ring (bicyclic) bond motifs is 1. The minimum atomic E-state index is 0.377. The van der Waals surface area contributed by atoms with E-state index in [2.05, 4.69) is 10.1 Å². The molecule has 0 fully saturated rings. The second-order valence-electron chi connectivity index (χ2n) is 3.41. The third kappa shape index (κ3) is 1.66. The van der Waals surface area contributed by atoms with Crippen LogP contribution in [0.25, 0.3) is 17.1 Å². The number of hydrogen-bond acceptors (Lipinski definition) is 3. The molecule has 2 rings (SSSR count). The number of allylic oxidation sites excluding steroid dienone is 1. The monoisotopic (exact) mass is 232 g/mol. The van der Waals surface area contributed by atoms with Gasteiger partial charge in [0, 0.05) is 24.1 Å². The van der Waals surface area contributed by atoms with Gasteiger partial charge in [0.2, 0.25) is 0 Å². The normalized spacial score (nSPS) is 11.1. The molecule has 80 valence electrons. The average Bonchev–Trinajstić information content (AvgIpc) is 2.51. The lowest BCUT2D eigenvalue weighted by Gasteiger charge is -1.98. The smallest absolute Gasteiger partial charge is 0.159 e. The Bertz CT molecular complexity index is 619. The van der Waals surface area contributed by atoms with Gasteiger partial charge < -0.3 is 0 Å². The zero-order valence-electron chi connectivity index (χ0n) is 8.90. The molecule has 0 aliphatic carbocycles. The van der Waals surface area contributed by atoms with Gasteiger partial charge in [-0.1, -0.05) is 11.6 Å². The van der Waals surface area contributed by atoms with E-state index in [0.717, 1.165) is 22.3 Å². The minimum absolute atomic E-state index is 0.377. The highest BCUT2D eigenvalue weighted by molar-refractivity contribution is 6.31. The van der Waals surface area contributed by atoms with Crippen molar-refractivity contribution in [3.8, 4) is 6.07 Å². The first-order valence-corrected chi connectivity index (χ1v) is 5.07. The van der Waals surface area contributed by atoms with Crippen molar-refractivity contribution in [3.63, 3.8) is 0 Å². The Morgan fingerprint density at radius 2 is 2.31 bits per heavy atom. The predicted molar refractivity (Wildman–Crippen MR) is 62.9 cm³/mol. The Balaban J connectivity index is 2.71. The van der Waals surface area contributed by atoms with Gasteiger partial charge in [-0.3, -0.25) is 4.68 Å². The number of nitriles is 1. The summed E-state index contributed by atoms with van der Waals surface area (Å²) in [5.74, 6) is 0. The summed E-state index contributed by atoms with van der Waals surface area (Å²) in [6.07, 6.45) is 3.02. The fourth-order valence-corrected chi connectivity index (χ4v) is 1.78. The molecule has 4 nitrogen and oxygen atoms in total. The van der Waals surface area contributed by atoms with Gasteiger partial charge in [-0.25, -0.2) is 4.98 Å². The first-order valence-electron chi connectivity index (χ1n) is 4.69. The van der Waals surface area contributed by atoms with E-state index in [4.69, 9.17) is 16.9 Å². The number of rotatable bonds is 1. The van der Waals surface area contributed by atoms with Gasteiger partial charge in [-0.05, 0) is 19.1 Å². The molecule has 2 aromatic rings. The van der Waals surface area contributed by atoms with Crippen LogP contribution in [0.3, 0.4) is 0 Å². The average molecular weight is 233 g/mol. The van der Waals surface area contributed by atoms with Crippen LogP contribution in [0.2, 0.25) is 5.15 Å². The number of aromatic nitrogens is 3. The number of halogens is 1. The molecule has 2 heterocycles. The van der Waals surface area contributed by atoms with Crippen LogP contribution < -0.4 is 0 Å². The molecule has 16 heavy (non-hydrogen) atoms. The summed E-state index contributed by atoms with van der Waals surface area (Å²) in [7, 11) is 1.82. The predicted octanol–water partition coefficient (Wildman–Crippen LogP) is 2.47. The molecular weight excluding hydrogens is 224 g/mol. The number of nitrogens with zero attached hydrogens (tertiary/aromatic N) is 4. The van der Waals surface area contributed by atoms with Crippen molar-refractivity contribution < 1.29 is 0 Å². The molecule has 0 saturated heterocycles. The van der Waals surface area contributed by atoms with E-state index in [1.165, 1.54) is 6.08 Å². The zero-order chi connectivity index (χ0) is 11.7. The third-order valence-electron chi connectivity index (χ3n) is 2.32. The van der Waals surface area contributed by atoms with Crippen LogP contribution in [0.5, 0.6) is 0 Å². The molecule has 0 spiro atoms. The molecule has 0 aliphatic heterocycles. The lowest BCUT2D eigenvalue weighted by atomic mass is 10.2. The van der Waals surface area contributed by atoms with Crippen LogP contribution in [0.15, 0.2) is 12.1 Å². The van der Waals surface area contributed by atoms with Crippen molar-refractivity contribution in [1.82, 2.24) is 14.8 Å². The van der Waals surface area contributed by atoms with Crippen LogP contribution in [-0.4, -0.2) is 14.8 Å². The fraction of sp³-hybridized carbons (Fsp3) is 0.182. The maximum absolute atomic E-state index is 8.47. The second kappa shape index (κ2) is 3.95. The molecule has 0 unspecified atom stereocenters. The highest BCUT2D eigenvalue weighted by atomic mass is 35.5. The molecule has 0 aliphatic rings. The molecule has 5 heteroatoms. The SMILES string of the molecule is Cc1nn(C)c2nc(Cl)c(/C=C/C#N)cc12. The van der Waals surface area contributed by atoms with Gasteiger partial charge in [0.05, 0.1) is 11.8 Å². The Morgan fingerprint density at radius 3 is 3.00 bits per heavy atom. The highest BCUT2D eigenvalue weighted by Crippen LogP contribution is 2.23. The quantitative estimate of drug-likeness (QED) is 0.561. The highest BCUT2D eigenvalue weighted by Gasteiger charge is 2.09. The van der Waals surface area contributed by atoms with Crippen molar-refractivity contribution in [2.45, 2.75) is 6.92 Å². The van der Waals surface area contributed by atoms with Gasteiger partial charge in [0.25, 0.3) is 0 Å². The number of hydrogen-bond donors (Lipinski definition) is 0. The minimum Gasteiger partial charge on any atom is -0.250 e. The van der Waals surface area contributed by atoms with Crippen molar-refractivity contribution in [3.05, 3.63) is 28.6 Å². The summed E-state index contributed by atoms with van der Waals surface area (Å²) < 4.78 is 1.69. The molecule has 0 atom stereocenters. The largest absolute Gasteiger partial charge is 0.250 e. The lowest BCUT2D eigenvalue weighted by molar-refractivity contribution is 0.774. The summed E-state index contributed by atoms with van der Waals surface area (Å²) >= 11 is 6.01. The van der Waals surface area contributed by atoms with E-state index in [1.807, 2.05) is 26.1 Å². The third-order valence-corrected chi connectivity index (χ3v) is 2.62. The molecule has 0 bridgehead atoms. The molecular formula is C11H9ClN4. The zero-order valence-corrected chi connectivity index (χ0v) is 9.65. The fourth-order valence-electron chi connectivity index (χ4n) is 1.58. The summed E-state index contributed by atoms with van der Waals surface area (Å²) in [6, 6.07) is 3.81. The first-order chi connectivity index (χ1) is 7.63. The van der Waals surface area contributed by atoms with Crippen molar-refractivity contribution >= 4 is 28.7 Å².